The van der Waals surface area contributed by atoms with Gasteiger partial charge in [-0.1, -0.05) is 12.1 Å². The zero-order valence-electron chi connectivity index (χ0n) is 14.7. The van der Waals surface area contributed by atoms with Crippen LogP contribution in [-0.4, -0.2) is 43.3 Å². The van der Waals surface area contributed by atoms with E-state index in [1.165, 1.54) is 6.42 Å². The first-order valence-electron chi connectivity index (χ1n) is 8.98. The van der Waals surface area contributed by atoms with Crippen molar-refractivity contribution < 1.29 is 14.3 Å². The molecular weight excluding hydrogens is 304 g/mol. The van der Waals surface area contributed by atoms with Gasteiger partial charge in [-0.05, 0) is 50.7 Å². The Balaban J connectivity index is 1.56. The molecule has 3 rings (SSSR count). The van der Waals surface area contributed by atoms with Gasteiger partial charge in [-0.25, -0.2) is 4.79 Å². The molecule has 0 unspecified atom stereocenters. The van der Waals surface area contributed by atoms with Crippen molar-refractivity contribution in [1.29, 1.82) is 0 Å². The largest absolute Gasteiger partial charge is 0.491 e. The van der Waals surface area contributed by atoms with Gasteiger partial charge in [-0.3, -0.25) is 0 Å². The van der Waals surface area contributed by atoms with E-state index in [0.29, 0.717) is 19.2 Å². The molecule has 1 aliphatic heterocycles. The van der Waals surface area contributed by atoms with Crippen molar-refractivity contribution in [2.24, 2.45) is 0 Å². The van der Waals surface area contributed by atoms with Crippen LogP contribution in [0.5, 0.6) is 5.75 Å². The number of aryl methyl sites for hydroxylation is 1. The number of nitrogens with one attached hydrogen (secondary N) is 1. The molecule has 0 radical (unpaired) electrons. The van der Waals surface area contributed by atoms with Gasteiger partial charge >= 0.3 is 6.03 Å². The minimum Gasteiger partial charge on any atom is -0.491 e. The van der Waals surface area contributed by atoms with Gasteiger partial charge in [0.1, 0.15) is 12.4 Å². The zero-order valence-corrected chi connectivity index (χ0v) is 14.7. The van der Waals surface area contributed by atoms with E-state index >= 15 is 0 Å². The zero-order chi connectivity index (χ0) is 16.9. The maximum absolute atomic E-state index is 12.2. The number of urea groups is 1. The fourth-order valence-corrected chi connectivity index (χ4v) is 3.14. The molecule has 2 aliphatic rings. The van der Waals surface area contributed by atoms with Crippen LogP contribution in [0.4, 0.5) is 4.79 Å². The highest BCUT2D eigenvalue weighted by Gasteiger charge is 2.25. The Morgan fingerprint density at radius 1 is 1.33 bits per heavy atom. The van der Waals surface area contributed by atoms with E-state index in [0.717, 1.165) is 49.2 Å². The van der Waals surface area contributed by atoms with E-state index in [2.05, 4.69) is 11.4 Å². The number of hydrogen-bond donors (Lipinski definition) is 1. The minimum atomic E-state index is -0.00893. The first kappa shape index (κ1) is 17.1. The molecule has 1 atom stereocenters. The second-order valence-corrected chi connectivity index (χ2v) is 6.91. The first-order valence-corrected chi connectivity index (χ1v) is 8.98. The molecule has 1 saturated heterocycles. The molecule has 0 aromatic heterocycles. The van der Waals surface area contributed by atoms with E-state index in [1.54, 1.807) is 0 Å². The van der Waals surface area contributed by atoms with Crippen LogP contribution in [0.2, 0.25) is 0 Å². The molecule has 0 spiro atoms. The van der Waals surface area contributed by atoms with Gasteiger partial charge in [-0.15, -0.1) is 0 Å². The van der Waals surface area contributed by atoms with Crippen LogP contribution in [0.3, 0.4) is 0 Å². The van der Waals surface area contributed by atoms with Crippen molar-refractivity contribution in [3.63, 3.8) is 0 Å². The molecule has 1 aliphatic carbocycles. The molecule has 1 aromatic carbocycles. The van der Waals surface area contributed by atoms with Crippen LogP contribution in [0, 0.1) is 6.92 Å². The lowest BCUT2D eigenvalue weighted by Crippen LogP contribution is -2.46. The predicted molar refractivity (Wildman–Crippen MR) is 93.3 cm³/mol. The van der Waals surface area contributed by atoms with Gasteiger partial charge in [0.15, 0.2) is 0 Å². The van der Waals surface area contributed by atoms with Crippen LogP contribution in [0.1, 0.15) is 43.2 Å². The molecule has 5 heteroatoms. The summed E-state index contributed by atoms with van der Waals surface area (Å²) in [6.07, 6.45) is 5.82. The normalized spacial score (nSPS) is 20.5. The summed E-state index contributed by atoms with van der Waals surface area (Å²) in [5.74, 6) is 0.845. The maximum Gasteiger partial charge on any atom is 0.317 e. The van der Waals surface area contributed by atoms with Gasteiger partial charge in [0.05, 0.1) is 6.10 Å². The van der Waals surface area contributed by atoms with Crippen LogP contribution < -0.4 is 10.1 Å². The van der Waals surface area contributed by atoms with Crippen LogP contribution >= 0.6 is 0 Å². The average Bonchev–Trinajstić information content (AvgIpc) is 3.03. The molecule has 24 heavy (non-hydrogen) atoms. The number of carbonyl (C=O) groups is 1. The Labute approximate surface area is 144 Å². The number of benzene rings is 1. The average molecular weight is 332 g/mol. The minimum absolute atomic E-state index is 0.00893. The first-order chi connectivity index (χ1) is 11.6. The molecular formula is C19H28N2O3. The Kier molecular flexibility index (Phi) is 5.61. The Morgan fingerprint density at radius 3 is 2.83 bits per heavy atom. The van der Waals surface area contributed by atoms with Gasteiger partial charge in [-0.2, -0.15) is 0 Å². The Hall–Kier alpha value is -1.75. The van der Waals surface area contributed by atoms with Gasteiger partial charge < -0.3 is 19.7 Å². The van der Waals surface area contributed by atoms with Gasteiger partial charge in [0.2, 0.25) is 0 Å². The summed E-state index contributed by atoms with van der Waals surface area (Å²) in [6.45, 7) is 3.94. The number of hydrogen-bond acceptors (Lipinski definition) is 3. The standard InChI is InChI=1S/C19H28N2O3/c1-14-8-9-15(12-20-19(22)21(2)16-5-3-6-16)18(11-14)24-13-17-7-4-10-23-17/h8-9,11,16-17H,3-7,10,12-13H2,1-2H3,(H,20,22)/t17-/m1/s1. The quantitative estimate of drug-likeness (QED) is 0.870. The molecule has 132 valence electrons. The van der Waals surface area contributed by atoms with Gasteiger partial charge in [0.25, 0.3) is 0 Å². The smallest absolute Gasteiger partial charge is 0.317 e. The van der Waals surface area contributed by atoms with Crippen molar-refractivity contribution in [2.45, 2.75) is 57.7 Å². The highest BCUT2D eigenvalue weighted by Crippen LogP contribution is 2.24. The third-order valence-corrected chi connectivity index (χ3v) is 5.04. The van der Waals surface area contributed by atoms with Crippen molar-refractivity contribution in [1.82, 2.24) is 10.2 Å². The lowest BCUT2D eigenvalue weighted by molar-refractivity contribution is 0.0675. The summed E-state index contributed by atoms with van der Waals surface area (Å²) in [7, 11) is 1.88. The molecule has 1 heterocycles. The topological polar surface area (TPSA) is 50.8 Å². The number of ether oxygens (including phenoxy) is 2. The predicted octanol–water partition coefficient (Wildman–Crippen LogP) is 3.25. The van der Waals surface area contributed by atoms with Crippen LogP contribution in [0.25, 0.3) is 0 Å². The summed E-state index contributed by atoms with van der Waals surface area (Å²) in [6, 6.07) is 6.51. The highest BCUT2D eigenvalue weighted by molar-refractivity contribution is 5.74. The fraction of sp³-hybridized carbons (Fsp3) is 0.632. The van der Waals surface area contributed by atoms with Crippen molar-refractivity contribution >= 4 is 6.03 Å². The van der Waals surface area contributed by atoms with E-state index in [-0.39, 0.29) is 12.1 Å². The number of carbonyl (C=O) groups excluding carboxylic acids is 1. The summed E-state index contributed by atoms with van der Waals surface area (Å²) in [4.78, 5) is 14.1. The third-order valence-electron chi connectivity index (χ3n) is 5.04. The molecule has 1 N–H and O–H groups in total. The fourth-order valence-electron chi connectivity index (χ4n) is 3.14. The second kappa shape index (κ2) is 7.88. The molecule has 2 fully saturated rings. The second-order valence-electron chi connectivity index (χ2n) is 6.91. The van der Waals surface area contributed by atoms with Crippen molar-refractivity contribution in [2.75, 3.05) is 20.3 Å². The summed E-state index contributed by atoms with van der Waals surface area (Å²) < 4.78 is 11.6. The molecule has 1 aromatic rings. The van der Waals surface area contributed by atoms with E-state index < -0.39 is 0 Å². The number of rotatable bonds is 6. The maximum atomic E-state index is 12.2. The Morgan fingerprint density at radius 2 is 2.17 bits per heavy atom. The summed E-state index contributed by atoms with van der Waals surface area (Å²) in [5, 5.41) is 3.01. The molecule has 1 saturated carbocycles. The summed E-state index contributed by atoms with van der Waals surface area (Å²) in [5.41, 5.74) is 2.16. The van der Waals surface area contributed by atoms with E-state index in [1.807, 2.05) is 31.0 Å². The van der Waals surface area contributed by atoms with E-state index in [9.17, 15) is 4.79 Å². The van der Waals surface area contributed by atoms with Gasteiger partial charge in [0, 0.05) is 31.8 Å². The SMILES string of the molecule is Cc1ccc(CNC(=O)N(C)C2CCC2)c(OC[C@H]2CCCO2)c1. The Bertz CT molecular complexity index is 566. The molecule has 5 nitrogen and oxygen atoms in total. The van der Waals surface area contributed by atoms with Crippen LogP contribution in [0.15, 0.2) is 18.2 Å². The summed E-state index contributed by atoms with van der Waals surface area (Å²) >= 11 is 0. The van der Waals surface area contributed by atoms with Crippen LogP contribution in [-0.2, 0) is 11.3 Å². The number of nitrogens with zero attached hydrogens (tertiary/aromatic N) is 1. The lowest BCUT2D eigenvalue weighted by atomic mass is 9.92. The van der Waals surface area contributed by atoms with Crippen molar-refractivity contribution in [3.05, 3.63) is 29.3 Å². The third kappa shape index (κ3) is 4.20. The monoisotopic (exact) mass is 332 g/mol. The highest BCUT2D eigenvalue weighted by atomic mass is 16.5. The van der Waals surface area contributed by atoms with Crippen molar-refractivity contribution in [3.8, 4) is 5.75 Å². The van der Waals surface area contributed by atoms with E-state index in [4.69, 9.17) is 9.47 Å². The lowest BCUT2D eigenvalue weighted by Gasteiger charge is -2.34. The molecule has 2 amide bonds. The number of amides is 2. The molecule has 0 bridgehead atoms.